The Bertz CT molecular complexity index is 360. The minimum atomic E-state index is -0.951. The Kier molecular flexibility index (Phi) is 3.83. The number of aromatic carboxylic acids is 1. The van der Waals surface area contributed by atoms with E-state index in [1.54, 1.807) is 12.1 Å². The van der Waals surface area contributed by atoms with Crippen LogP contribution in [0.2, 0.25) is 0 Å². The van der Waals surface area contributed by atoms with E-state index in [0.717, 1.165) is 16.3 Å². The molecular weight excluding hydrogens is 248 g/mol. The third-order valence-electron chi connectivity index (χ3n) is 1.83. The number of halogens is 1. The van der Waals surface area contributed by atoms with Crippen LogP contribution < -0.4 is 0 Å². The molecule has 0 fully saturated rings. The van der Waals surface area contributed by atoms with Crippen LogP contribution in [0.4, 0.5) is 0 Å². The van der Waals surface area contributed by atoms with Crippen molar-refractivity contribution in [2.75, 3.05) is 0 Å². The predicted octanol–water partition coefficient (Wildman–Crippen LogP) is 2.28. The lowest BCUT2D eigenvalue weighted by molar-refractivity contribution is -0.107. The van der Waals surface area contributed by atoms with Crippen molar-refractivity contribution < 1.29 is 14.7 Å². The van der Waals surface area contributed by atoms with Crippen molar-refractivity contribution in [2.24, 2.45) is 0 Å². The van der Waals surface area contributed by atoms with Gasteiger partial charge in [-0.3, -0.25) is 0 Å². The van der Waals surface area contributed by atoms with Crippen LogP contribution in [0.1, 0.15) is 22.3 Å². The Hall–Kier alpha value is -1.16. The highest BCUT2D eigenvalue weighted by atomic mass is 79.9. The third kappa shape index (κ3) is 2.67. The quantitative estimate of drug-likeness (QED) is 0.842. The number of carbonyl (C=O) groups excluding carboxylic acids is 1. The molecule has 0 aliphatic carbocycles. The molecule has 0 aliphatic heterocycles. The van der Waals surface area contributed by atoms with Gasteiger partial charge in [0.15, 0.2) is 0 Å². The summed E-state index contributed by atoms with van der Waals surface area (Å²) in [5.74, 6) is -0.951. The number of benzene rings is 1. The Labute approximate surface area is 89.9 Å². The fourth-order valence-electron chi connectivity index (χ4n) is 1.10. The monoisotopic (exact) mass is 256 g/mol. The van der Waals surface area contributed by atoms with E-state index in [0.29, 0.717) is 12.8 Å². The smallest absolute Gasteiger partial charge is 0.335 e. The van der Waals surface area contributed by atoms with E-state index in [-0.39, 0.29) is 5.56 Å². The van der Waals surface area contributed by atoms with Gasteiger partial charge in [0, 0.05) is 10.9 Å². The summed E-state index contributed by atoms with van der Waals surface area (Å²) in [7, 11) is 0. The first kappa shape index (κ1) is 10.9. The molecule has 0 amide bonds. The summed E-state index contributed by atoms with van der Waals surface area (Å²) in [6.07, 6.45) is 1.92. The van der Waals surface area contributed by atoms with Crippen LogP contribution in [-0.4, -0.2) is 17.4 Å². The van der Waals surface area contributed by atoms with E-state index in [9.17, 15) is 9.59 Å². The second-order valence-electron chi connectivity index (χ2n) is 2.82. The molecule has 0 aliphatic rings. The summed E-state index contributed by atoms with van der Waals surface area (Å²) in [6.45, 7) is 0. The molecule has 0 atom stereocenters. The summed E-state index contributed by atoms with van der Waals surface area (Å²) >= 11 is 3.27. The zero-order valence-electron chi connectivity index (χ0n) is 7.37. The van der Waals surface area contributed by atoms with Crippen molar-refractivity contribution in [1.29, 1.82) is 0 Å². The second kappa shape index (κ2) is 4.91. The van der Waals surface area contributed by atoms with Crippen molar-refractivity contribution in [3.8, 4) is 0 Å². The van der Waals surface area contributed by atoms with Crippen molar-refractivity contribution in [3.05, 3.63) is 33.8 Å². The topological polar surface area (TPSA) is 54.4 Å². The molecule has 1 N–H and O–H groups in total. The zero-order valence-corrected chi connectivity index (χ0v) is 8.95. The number of hydrogen-bond acceptors (Lipinski definition) is 2. The molecule has 1 aromatic carbocycles. The van der Waals surface area contributed by atoms with Gasteiger partial charge in [-0.15, -0.1) is 0 Å². The molecule has 14 heavy (non-hydrogen) atoms. The van der Waals surface area contributed by atoms with Gasteiger partial charge in [-0.25, -0.2) is 4.79 Å². The summed E-state index contributed by atoms with van der Waals surface area (Å²) in [5, 5.41) is 8.70. The van der Waals surface area contributed by atoms with Crippen molar-refractivity contribution in [1.82, 2.24) is 0 Å². The Morgan fingerprint density at radius 1 is 1.50 bits per heavy atom. The Morgan fingerprint density at radius 3 is 2.71 bits per heavy atom. The lowest BCUT2D eigenvalue weighted by Crippen LogP contribution is -1.97. The summed E-state index contributed by atoms with van der Waals surface area (Å²) < 4.78 is 0.735. The highest BCUT2D eigenvalue weighted by molar-refractivity contribution is 9.10. The maximum atomic E-state index is 10.6. The second-order valence-corrected chi connectivity index (χ2v) is 3.67. The highest BCUT2D eigenvalue weighted by Crippen LogP contribution is 2.19. The number of carboxylic acid groups (broad SMARTS) is 1. The first-order chi connectivity index (χ1) is 6.65. The van der Waals surface area contributed by atoms with E-state index >= 15 is 0 Å². The average Bonchev–Trinajstić information content (AvgIpc) is 2.15. The van der Waals surface area contributed by atoms with E-state index in [4.69, 9.17) is 5.11 Å². The summed E-state index contributed by atoms with van der Waals surface area (Å²) in [4.78, 5) is 20.8. The average molecular weight is 257 g/mol. The SMILES string of the molecule is O=CCCc1ccc(C(=O)O)cc1Br. The van der Waals surface area contributed by atoms with Crippen LogP contribution >= 0.6 is 15.9 Å². The normalized spacial score (nSPS) is 9.79. The minimum absolute atomic E-state index is 0.242. The highest BCUT2D eigenvalue weighted by Gasteiger charge is 2.05. The summed E-state index contributed by atoms with van der Waals surface area (Å²) in [6, 6.07) is 4.80. The number of aldehydes is 1. The first-order valence-electron chi connectivity index (χ1n) is 4.10. The fraction of sp³-hybridized carbons (Fsp3) is 0.200. The van der Waals surface area contributed by atoms with Gasteiger partial charge in [0.25, 0.3) is 0 Å². The molecular formula is C10H9BrO3. The van der Waals surface area contributed by atoms with Gasteiger partial charge in [0.2, 0.25) is 0 Å². The van der Waals surface area contributed by atoms with Crippen LogP contribution in [0.25, 0.3) is 0 Å². The lowest BCUT2D eigenvalue weighted by atomic mass is 10.1. The molecule has 0 unspecified atom stereocenters. The number of hydrogen-bond donors (Lipinski definition) is 1. The molecule has 0 heterocycles. The van der Waals surface area contributed by atoms with E-state index < -0.39 is 5.97 Å². The molecule has 74 valence electrons. The van der Waals surface area contributed by atoms with Crippen LogP contribution in [0.5, 0.6) is 0 Å². The molecule has 3 nitrogen and oxygen atoms in total. The fourth-order valence-corrected chi connectivity index (χ4v) is 1.67. The van der Waals surface area contributed by atoms with Crippen molar-refractivity contribution in [2.45, 2.75) is 12.8 Å². The van der Waals surface area contributed by atoms with Gasteiger partial charge in [-0.1, -0.05) is 22.0 Å². The van der Waals surface area contributed by atoms with Crippen LogP contribution in [0, 0.1) is 0 Å². The van der Waals surface area contributed by atoms with E-state index in [2.05, 4.69) is 15.9 Å². The molecule has 1 aromatic rings. The number of carboxylic acids is 1. The van der Waals surface area contributed by atoms with E-state index in [1.807, 2.05) is 0 Å². The first-order valence-corrected chi connectivity index (χ1v) is 4.90. The van der Waals surface area contributed by atoms with Crippen molar-refractivity contribution in [3.63, 3.8) is 0 Å². The van der Waals surface area contributed by atoms with Gasteiger partial charge in [-0.2, -0.15) is 0 Å². The lowest BCUT2D eigenvalue weighted by Gasteiger charge is -2.02. The third-order valence-corrected chi connectivity index (χ3v) is 2.57. The van der Waals surface area contributed by atoms with E-state index in [1.165, 1.54) is 6.07 Å². The number of rotatable bonds is 4. The number of carbonyl (C=O) groups is 2. The zero-order chi connectivity index (χ0) is 10.6. The predicted molar refractivity (Wildman–Crippen MR) is 55.5 cm³/mol. The van der Waals surface area contributed by atoms with Gasteiger partial charge in [0.1, 0.15) is 6.29 Å². The summed E-state index contributed by atoms with van der Waals surface area (Å²) in [5.41, 5.74) is 1.19. The Balaban J connectivity index is 2.89. The molecule has 0 aromatic heterocycles. The molecule has 0 bridgehead atoms. The maximum Gasteiger partial charge on any atom is 0.335 e. The van der Waals surface area contributed by atoms with Crippen LogP contribution in [-0.2, 0) is 11.2 Å². The van der Waals surface area contributed by atoms with Crippen molar-refractivity contribution >= 4 is 28.2 Å². The van der Waals surface area contributed by atoms with Gasteiger partial charge >= 0.3 is 5.97 Å². The molecule has 0 saturated heterocycles. The molecule has 0 spiro atoms. The van der Waals surface area contributed by atoms with Crippen LogP contribution in [0.15, 0.2) is 22.7 Å². The molecule has 4 heteroatoms. The Morgan fingerprint density at radius 2 is 2.21 bits per heavy atom. The minimum Gasteiger partial charge on any atom is -0.478 e. The number of aryl methyl sites for hydroxylation is 1. The standard InChI is InChI=1S/C10H9BrO3/c11-9-6-8(10(13)14)4-3-7(9)2-1-5-12/h3-6H,1-2H2,(H,13,14). The van der Waals surface area contributed by atoms with Gasteiger partial charge < -0.3 is 9.90 Å². The van der Waals surface area contributed by atoms with Gasteiger partial charge in [-0.05, 0) is 24.1 Å². The molecule has 0 radical (unpaired) electrons. The maximum absolute atomic E-state index is 10.6. The van der Waals surface area contributed by atoms with Crippen LogP contribution in [0.3, 0.4) is 0 Å². The molecule has 0 saturated carbocycles. The van der Waals surface area contributed by atoms with Gasteiger partial charge in [0.05, 0.1) is 5.56 Å². The largest absolute Gasteiger partial charge is 0.478 e. The molecule has 1 rings (SSSR count).